The molecule has 3 rings (SSSR count). The van der Waals surface area contributed by atoms with E-state index in [2.05, 4.69) is 15.3 Å². The molecule has 20 heavy (non-hydrogen) atoms. The van der Waals surface area contributed by atoms with Crippen molar-refractivity contribution >= 4 is 10.9 Å². The molecule has 2 aromatic rings. The van der Waals surface area contributed by atoms with Crippen molar-refractivity contribution < 1.29 is 9.47 Å². The van der Waals surface area contributed by atoms with E-state index in [0.29, 0.717) is 17.5 Å². The highest BCUT2D eigenvalue weighted by Gasteiger charge is 2.20. The van der Waals surface area contributed by atoms with Crippen LogP contribution >= 0.6 is 0 Å². The van der Waals surface area contributed by atoms with Gasteiger partial charge in [0.15, 0.2) is 11.5 Å². The van der Waals surface area contributed by atoms with Crippen LogP contribution in [0.15, 0.2) is 18.5 Å². The van der Waals surface area contributed by atoms with E-state index in [0.717, 1.165) is 29.6 Å². The quantitative estimate of drug-likeness (QED) is 0.931. The van der Waals surface area contributed by atoms with Gasteiger partial charge in [-0.1, -0.05) is 6.42 Å². The molecule has 1 aliphatic heterocycles. The van der Waals surface area contributed by atoms with Crippen LogP contribution < -0.4 is 14.8 Å². The molecule has 2 heterocycles. The Bertz CT molecular complexity index is 609. The molecule has 0 aliphatic carbocycles. The first-order valence-corrected chi connectivity index (χ1v) is 6.93. The molecule has 0 bridgehead atoms. The second-order valence-corrected chi connectivity index (χ2v) is 4.99. The number of piperidine rings is 1. The Kier molecular flexibility index (Phi) is 3.69. The van der Waals surface area contributed by atoms with Gasteiger partial charge in [-0.25, -0.2) is 9.97 Å². The van der Waals surface area contributed by atoms with E-state index in [1.807, 2.05) is 12.1 Å². The van der Waals surface area contributed by atoms with E-state index >= 15 is 0 Å². The molecule has 0 amide bonds. The number of rotatable bonds is 3. The fourth-order valence-electron chi connectivity index (χ4n) is 2.77. The highest BCUT2D eigenvalue weighted by atomic mass is 16.5. The minimum atomic E-state index is 0.298. The highest BCUT2D eigenvalue weighted by Crippen LogP contribution is 2.34. The Labute approximate surface area is 118 Å². The third-order valence-electron chi connectivity index (χ3n) is 3.81. The summed E-state index contributed by atoms with van der Waals surface area (Å²) in [5.74, 6) is 1.41. The summed E-state index contributed by atoms with van der Waals surface area (Å²) >= 11 is 0. The summed E-state index contributed by atoms with van der Waals surface area (Å²) in [6.07, 6.45) is 5.20. The lowest BCUT2D eigenvalue weighted by Crippen LogP contribution is -2.27. The maximum Gasteiger partial charge on any atom is 0.162 e. The predicted octanol–water partition coefficient (Wildman–Crippen LogP) is 2.46. The van der Waals surface area contributed by atoms with Crippen LogP contribution in [0.5, 0.6) is 11.5 Å². The molecule has 0 radical (unpaired) electrons. The van der Waals surface area contributed by atoms with Crippen molar-refractivity contribution in [1.29, 1.82) is 0 Å². The third-order valence-corrected chi connectivity index (χ3v) is 3.81. The molecule has 106 valence electrons. The molecule has 1 saturated heterocycles. The second kappa shape index (κ2) is 5.63. The van der Waals surface area contributed by atoms with Gasteiger partial charge in [0.2, 0.25) is 0 Å². The molecule has 5 nitrogen and oxygen atoms in total. The summed E-state index contributed by atoms with van der Waals surface area (Å²) in [6, 6.07) is 4.18. The Morgan fingerprint density at radius 3 is 2.60 bits per heavy atom. The van der Waals surface area contributed by atoms with E-state index in [1.165, 1.54) is 12.8 Å². The normalized spacial score (nSPS) is 19.0. The number of nitrogens with zero attached hydrogens (tertiary/aromatic N) is 2. The van der Waals surface area contributed by atoms with E-state index in [9.17, 15) is 0 Å². The molecular weight excluding hydrogens is 254 g/mol. The van der Waals surface area contributed by atoms with Crippen LogP contribution in [0.4, 0.5) is 0 Å². The zero-order valence-electron chi connectivity index (χ0n) is 11.8. The first kappa shape index (κ1) is 13.1. The molecule has 1 aromatic heterocycles. The Hall–Kier alpha value is -1.88. The fourth-order valence-corrected chi connectivity index (χ4v) is 2.77. The molecule has 1 aromatic carbocycles. The first-order chi connectivity index (χ1) is 9.83. The first-order valence-electron chi connectivity index (χ1n) is 6.93. The minimum absolute atomic E-state index is 0.298. The number of fused-ring (bicyclic) bond motifs is 1. The van der Waals surface area contributed by atoms with Crippen LogP contribution in [0, 0.1) is 0 Å². The number of benzene rings is 1. The van der Waals surface area contributed by atoms with E-state index in [1.54, 1.807) is 20.5 Å². The predicted molar refractivity (Wildman–Crippen MR) is 77.2 cm³/mol. The van der Waals surface area contributed by atoms with Crippen molar-refractivity contribution in [3.63, 3.8) is 0 Å². The number of ether oxygens (including phenoxy) is 2. The highest BCUT2D eigenvalue weighted by molar-refractivity contribution is 5.85. The fraction of sp³-hybridized carbons (Fsp3) is 0.467. The van der Waals surface area contributed by atoms with E-state index < -0.39 is 0 Å². The van der Waals surface area contributed by atoms with Crippen molar-refractivity contribution in [2.45, 2.75) is 25.3 Å². The monoisotopic (exact) mass is 273 g/mol. The van der Waals surface area contributed by atoms with Gasteiger partial charge in [0.25, 0.3) is 0 Å². The minimum Gasteiger partial charge on any atom is -0.493 e. The molecule has 5 heteroatoms. The largest absolute Gasteiger partial charge is 0.493 e. The zero-order chi connectivity index (χ0) is 13.9. The summed E-state index contributed by atoms with van der Waals surface area (Å²) in [6.45, 7) is 1.05. The van der Waals surface area contributed by atoms with Crippen molar-refractivity contribution in [2.75, 3.05) is 20.8 Å². The Balaban J connectivity index is 2.12. The molecule has 1 aliphatic rings. The second-order valence-electron chi connectivity index (χ2n) is 4.99. The van der Waals surface area contributed by atoms with Gasteiger partial charge in [-0.3, -0.25) is 0 Å². The van der Waals surface area contributed by atoms with Gasteiger partial charge in [0.1, 0.15) is 6.33 Å². The maximum absolute atomic E-state index is 5.39. The van der Waals surface area contributed by atoms with Crippen LogP contribution in [0.3, 0.4) is 0 Å². The summed E-state index contributed by atoms with van der Waals surface area (Å²) in [7, 11) is 3.28. The molecule has 0 spiro atoms. The van der Waals surface area contributed by atoms with E-state index in [4.69, 9.17) is 9.47 Å². The average Bonchev–Trinajstić information content (AvgIpc) is 2.53. The maximum atomic E-state index is 5.39. The number of methoxy groups -OCH3 is 2. The number of aromatic nitrogens is 2. The average molecular weight is 273 g/mol. The third kappa shape index (κ3) is 2.29. The lowest BCUT2D eigenvalue weighted by atomic mass is 9.98. The summed E-state index contributed by atoms with van der Waals surface area (Å²) in [5.41, 5.74) is 1.94. The van der Waals surface area contributed by atoms with Crippen LogP contribution in [0.1, 0.15) is 31.0 Å². The van der Waals surface area contributed by atoms with Crippen LogP contribution in [-0.2, 0) is 0 Å². The lowest BCUT2D eigenvalue weighted by molar-refractivity contribution is 0.355. The van der Waals surface area contributed by atoms with Crippen molar-refractivity contribution in [1.82, 2.24) is 15.3 Å². The van der Waals surface area contributed by atoms with Crippen LogP contribution in [0.25, 0.3) is 10.9 Å². The van der Waals surface area contributed by atoms with Crippen molar-refractivity contribution in [3.8, 4) is 11.5 Å². The molecule has 1 fully saturated rings. The number of hydrogen-bond donors (Lipinski definition) is 1. The molecular formula is C15H19N3O2. The lowest BCUT2D eigenvalue weighted by Gasteiger charge is -2.24. The van der Waals surface area contributed by atoms with Gasteiger partial charge in [-0.15, -0.1) is 0 Å². The zero-order valence-corrected chi connectivity index (χ0v) is 11.8. The van der Waals surface area contributed by atoms with Gasteiger partial charge in [-0.05, 0) is 25.5 Å². The smallest absolute Gasteiger partial charge is 0.162 e. The molecule has 1 atom stereocenters. The topological polar surface area (TPSA) is 56.3 Å². The summed E-state index contributed by atoms with van der Waals surface area (Å²) in [5, 5.41) is 4.56. The van der Waals surface area contributed by atoms with E-state index in [-0.39, 0.29) is 0 Å². The number of hydrogen-bond acceptors (Lipinski definition) is 5. The van der Waals surface area contributed by atoms with Crippen LogP contribution in [-0.4, -0.2) is 30.7 Å². The van der Waals surface area contributed by atoms with Gasteiger partial charge >= 0.3 is 0 Å². The Morgan fingerprint density at radius 2 is 1.90 bits per heavy atom. The Morgan fingerprint density at radius 1 is 1.10 bits per heavy atom. The molecule has 1 unspecified atom stereocenters. The van der Waals surface area contributed by atoms with Gasteiger partial charge in [0.05, 0.1) is 31.5 Å². The van der Waals surface area contributed by atoms with Crippen molar-refractivity contribution in [2.24, 2.45) is 0 Å². The van der Waals surface area contributed by atoms with Crippen LogP contribution in [0.2, 0.25) is 0 Å². The van der Waals surface area contributed by atoms with Gasteiger partial charge < -0.3 is 14.8 Å². The summed E-state index contributed by atoms with van der Waals surface area (Å²) in [4.78, 5) is 8.84. The van der Waals surface area contributed by atoms with Crippen molar-refractivity contribution in [3.05, 3.63) is 24.2 Å². The van der Waals surface area contributed by atoms with Gasteiger partial charge in [-0.2, -0.15) is 0 Å². The van der Waals surface area contributed by atoms with Gasteiger partial charge in [0, 0.05) is 11.5 Å². The summed E-state index contributed by atoms with van der Waals surface area (Å²) < 4.78 is 10.7. The standard InChI is InChI=1S/C15H19N3O2/c1-19-13-7-10-12(8-14(13)20-2)17-9-18-15(10)11-5-3-4-6-16-11/h7-9,11,16H,3-6H2,1-2H3. The molecule has 0 saturated carbocycles. The number of nitrogens with one attached hydrogen (secondary N) is 1. The SMILES string of the molecule is COc1cc2ncnc(C3CCCCN3)c2cc1OC. The molecule has 1 N–H and O–H groups in total.